The maximum absolute atomic E-state index is 5.50. The molecule has 1 atom stereocenters. The average molecular weight is 237 g/mol. The van der Waals surface area contributed by atoms with E-state index in [0.29, 0.717) is 16.9 Å². The number of pyridine rings is 1. The summed E-state index contributed by atoms with van der Waals surface area (Å²) in [6.07, 6.45) is 2.82. The maximum Gasteiger partial charge on any atom is 0.126 e. The first-order valence-electron chi connectivity index (χ1n) is 5.51. The van der Waals surface area contributed by atoms with E-state index < -0.39 is 0 Å². The Kier molecular flexibility index (Phi) is 4.68. The summed E-state index contributed by atoms with van der Waals surface area (Å²) in [5, 5.41) is 3.34. The highest BCUT2D eigenvalue weighted by Crippen LogP contribution is 2.11. The van der Waals surface area contributed by atoms with E-state index in [1.165, 1.54) is 0 Å². The van der Waals surface area contributed by atoms with E-state index in [1.807, 2.05) is 12.1 Å². The molecule has 0 aromatic carbocycles. The van der Waals surface area contributed by atoms with Crippen LogP contribution in [0.5, 0.6) is 0 Å². The zero-order chi connectivity index (χ0) is 12.1. The number of nitrogens with one attached hydrogen (secondary N) is 1. The van der Waals surface area contributed by atoms with Crippen molar-refractivity contribution in [1.82, 2.24) is 4.98 Å². The fourth-order valence-corrected chi connectivity index (χ4v) is 1.76. The SMILES string of the molecule is CC(C)CC(C)Nc1ccc(C(N)=S)cn1. The summed E-state index contributed by atoms with van der Waals surface area (Å²) in [6.45, 7) is 6.58. The molecule has 1 heterocycles. The third-order valence-electron chi connectivity index (χ3n) is 2.27. The highest BCUT2D eigenvalue weighted by molar-refractivity contribution is 7.80. The van der Waals surface area contributed by atoms with Gasteiger partial charge < -0.3 is 11.1 Å². The van der Waals surface area contributed by atoms with Gasteiger partial charge in [-0.2, -0.15) is 0 Å². The Morgan fingerprint density at radius 2 is 2.12 bits per heavy atom. The Bertz CT molecular complexity index is 346. The van der Waals surface area contributed by atoms with Crippen LogP contribution >= 0.6 is 12.2 Å². The lowest BCUT2D eigenvalue weighted by Crippen LogP contribution is -2.18. The predicted octanol–water partition coefficient (Wildman–Crippen LogP) is 2.56. The van der Waals surface area contributed by atoms with Gasteiger partial charge in [0.15, 0.2) is 0 Å². The van der Waals surface area contributed by atoms with Crippen LogP contribution in [0.25, 0.3) is 0 Å². The summed E-state index contributed by atoms with van der Waals surface area (Å²) in [5.74, 6) is 1.55. The molecule has 0 saturated carbocycles. The Morgan fingerprint density at radius 1 is 1.44 bits per heavy atom. The van der Waals surface area contributed by atoms with Gasteiger partial charge in [-0.15, -0.1) is 0 Å². The molecule has 1 aromatic rings. The van der Waals surface area contributed by atoms with Gasteiger partial charge in [0, 0.05) is 17.8 Å². The van der Waals surface area contributed by atoms with E-state index in [0.717, 1.165) is 17.8 Å². The quantitative estimate of drug-likeness (QED) is 0.773. The first kappa shape index (κ1) is 12.9. The summed E-state index contributed by atoms with van der Waals surface area (Å²) in [6, 6.07) is 4.22. The van der Waals surface area contributed by atoms with Gasteiger partial charge in [-0.1, -0.05) is 26.1 Å². The molecule has 0 aliphatic heterocycles. The predicted molar refractivity (Wildman–Crippen MR) is 72.7 cm³/mol. The first-order valence-corrected chi connectivity index (χ1v) is 5.92. The molecule has 3 N–H and O–H groups in total. The number of nitrogens with zero attached hydrogens (tertiary/aromatic N) is 1. The molecule has 0 aliphatic carbocycles. The van der Waals surface area contributed by atoms with Crippen LogP contribution < -0.4 is 11.1 Å². The Labute approximate surface area is 102 Å². The van der Waals surface area contributed by atoms with Crippen molar-refractivity contribution in [3.05, 3.63) is 23.9 Å². The Hall–Kier alpha value is -1.16. The lowest BCUT2D eigenvalue weighted by molar-refractivity contribution is 0.539. The number of anilines is 1. The molecule has 0 fully saturated rings. The second kappa shape index (κ2) is 5.80. The van der Waals surface area contributed by atoms with Gasteiger partial charge in [-0.3, -0.25) is 0 Å². The molecule has 16 heavy (non-hydrogen) atoms. The van der Waals surface area contributed by atoms with Crippen molar-refractivity contribution in [2.45, 2.75) is 33.2 Å². The maximum atomic E-state index is 5.50. The average Bonchev–Trinajstić information content (AvgIpc) is 2.16. The highest BCUT2D eigenvalue weighted by atomic mass is 32.1. The second-order valence-electron chi connectivity index (χ2n) is 4.47. The lowest BCUT2D eigenvalue weighted by atomic mass is 10.1. The number of hydrogen-bond acceptors (Lipinski definition) is 3. The van der Waals surface area contributed by atoms with Gasteiger partial charge in [0.25, 0.3) is 0 Å². The zero-order valence-corrected chi connectivity index (χ0v) is 10.8. The third kappa shape index (κ3) is 4.14. The van der Waals surface area contributed by atoms with Crippen LogP contribution in [0.4, 0.5) is 5.82 Å². The van der Waals surface area contributed by atoms with Crippen molar-refractivity contribution in [3.63, 3.8) is 0 Å². The fourth-order valence-electron chi connectivity index (χ4n) is 1.64. The summed E-state index contributed by atoms with van der Waals surface area (Å²) >= 11 is 4.87. The highest BCUT2D eigenvalue weighted by Gasteiger charge is 2.05. The van der Waals surface area contributed by atoms with Crippen molar-refractivity contribution < 1.29 is 0 Å². The summed E-state index contributed by atoms with van der Waals surface area (Å²) < 4.78 is 0. The summed E-state index contributed by atoms with van der Waals surface area (Å²) in [7, 11) is 0. The normalized spacial score (nSPS) is 12.5. The second-order valence-corrected chi connectivity index (χ2v) is 4.91. The monoisotopic (exact) mass is 237 g/mol. The van der Waals surface area contributed by atoms with Gasteiger partial charge in [0.1, 0.15) is 10.8 Å². The first-order chi connectivity index (χ1) is 7.49. The number of nitrogens with two attached hydrogens (primary N) is 1. The minimum atomic E-state index is 0.384. The molecular weight excluding hydrogens is 218 g/mol. The number of aromatic nitrogens is 1. The Balaban J connectivity index is 2.58. The molecule has 3 nitrogen and oxygen atoms in total. The molecule has 1 aromatic heterocycles. The van der Waals surface area contributed by atoms with Crippen molar-refractivity contribution in [2.75, 3.05) is 5.32 Å². The van der Waals surface area contributed by atoms with E-state index in [-0.39, 0.29) is 0 Å². The Morgan fingerprint density at radius 3 is 2.56 bits per heavy atom. The van der Waals surface area contributed by atoms with E-state index in [1.54, 1.807) is 6.20 Å². The van der Waals surface area contributed by atoms with Gasteiger partial charge >= 0.3 is 0 Å². The van der Waals surface area contributed by atoms with E-state index >= 15 is 0 Å². The molecule has 0 saturated heterocycles. The van der Waals surface area contributed by atoms with Crippen LogP contribution in [0.3, 0.4) is 0 Å². The molecule has 0 amide bonds. The minimum absolute atomic E-state index is 0.384. The van der Waals surface area contributed by atoms with Crippen LogP contribution in [0.15, 0.2) is 18.3 Å². The van der Waals surface area contributed by atoms with Crippen LogP contribution in [-0.4, -0.2) is 16.0 Å². The van der Waals surface area contributed by atoms with Crippen molar-refractivity contribution in [2.24, 2.45) is 11.7 Å². The molecule has 0 bridgehead atoms. The van der Waals surface area contributed by atoms with E-state index in [2.05, 4.69) is 31.1 Å². The molecule has 4 heteroatoms. The largest absolute Gasteiger partial charge is 0.389 e. The topological polar surface area (TPSA) is 50.9 Å². The molecule has 88 valence electrons. The van der Waals surface area contributed by atoms with Crippen molar-refractivity contribution >= 4 is 23.0 Å². The van der Waals surface area contributed by atoms with Gasteiger partial charge in [0.2, 0.25) is 0 Å². The number of thiocarbonyl (C=S) groups is 1. The summed E-state index contributed by atoms with van der Waals surface area (Å²) in [5.41, 5.74) is 6.30. The smallest absolute Gasteiger partial charge is 0.126 e. The fraction of sp³-hybridized carbons (Fsp3) is 0.500. The summed E-state index contributed by atoms with van der Waals surface area (Å²) in [4.78, 5) is 4.65. The van der Waals surface area contributed by atoms with E-state index in [9.17, 15) is 0 Å². The van der Waals surface area contributed by atoms with Crippen LogP contribution in [0.1, 0.15) is 32.8 Å². The number of rotatable bonds is 5. The van der Waals surface area contributed by atoms with E-state index in [4.69, 9.17) is 18.0 Å². The molecule has 0 aliphatic rings. The molecular formula is C12H19N3S. The van der Waals surface area contributed by atoms with Crippen LogP contribution in [0.2, 0.25) is 0 Å². The molecule has 1 rings (SSSR count). The molecule has 1 unspecified atom stereocenters. The van der Waals surface area contributed by atoms with Gasteiger partial charge in [0.05, 0.1) is 0 Å². The van der Waals surface area contributed by atoms with Crippen molar-refractivity contribution in [1.29, 1.82) is 0 Å². The minimum Gasteiger partial charge on any atom is -0.389 e. The zero-order valence-electron chi connectivity index (χ0n) is 10.0. The van der Waals surface area contributed by atoms with Crippen LogP contribution in [0, 0.1) is 5.92 Å². The van der Waals surface area contributed by atoms with Gasteiger partial charge in [-0.25, -0.2) is 4.98 Å². The van der Waals surface area contributed by atoms with Gasteiger partial charge in [-0.05, 0) is 31.4 Å². The molecule has 0 radical (unpaired) electrons. The van der Waals surface area contributed by atoms with Crippen molar-refractivity contribution in [3.8, 4) is 0 Å². The standard InChI is InChI=1S/C12H19N3S/c1-8(2)6-9(3)15-11-5-4-10(7-14-11)12(13)16/h4-5,7-9H,6H2,1-3H3,(H2,13,16)(H,14,15). The number of hydrogen-bond donors (Lipinski definition) is 2. The van der Waals surface area contributed by atoms with Crippen LogP contribution in [-0.2, 0) is 0 Å². The third-order valence-corrected chi connectivity index (χ3v) is 2.50. The lowest BCUT2D eigenvalue weighted by Gasteiger charge is -2.16. The molecule has 0 spiro atoms.